The van der Waals surface area contributed by atoms with Crippen LogP contribution >= 0.6 is 0 Å². The molecule has 4 rings (SSSR count). The molecule has 0 atom stereocenters. The average molecular weight is 401 g/mol. The third-order valence-electron chi connectivity index (χ3n) is 4.71. The lowest BCUT2D eigenvalue weighted by Gasteiger charge is -2.27. The van der Waals surface area contributed by atoms with Crippen LogP contribution in [0.1, 0.15) is 31.1 Å². The van der Waals surface area contributed by atoms with Gasteiger partial charge in [0.15, 0.2) is 6.61 Å². The molecule has 146 valence electrons. The van der Waals surface area contributed by atoms with Gasteiger partial charge in [0.05, 0.1) is 21.6 Å². The molecule has 1 aliphatic rings. The highest BCUT2D eigenvalue weighted by Crippen LogP contribution is 2.36. The van der Waals surface area contributed by atoms with E-state index in [0.717, 1.165) is 4.90 Å². The van der Waals surface area contributed by atoms with E-state index in [2.05, 4.69) is 0 Å². The Morgan fingerprint density at radius 2 is 1.70 bits per heavy atom. The maximum atomic E-state index is 13.1. The van der Waals surface area contributed by atoms with E-state index in [4.69, 9.17) is 10.00 Å². The Bertz CT molecular complexity index is 1270. The van der Waals surface area contributed by atoms with Gasteiger partial charge in [-0.1, -0.05) is 6.07 Å². The number of hydrogen-bond acceptors (Lipinski definition) is 7. The molecule has 2 amide bonds. The highest BCUT2D eigenvalue weighted by Gasteiger charge is 2.35. The molecule has 0 spiro atoms. The number of non-ortho nitro benzene ring substituents is 1. The standard InChI is InChI=1S/C21H11N3O6/c22-10-11-30-21(27)12-4-6-13(7-5-12)23-19(25)15-3-1-2-14-17(24(28)29)9-8-16(18(14)15)20(23)26/h1-9H,11H2. The predicted molar refractivity (Wildman–Crippen MR) is 104 cm³/mol. The number of rotatable bonds is 4. The molecule has 9 heteroatoms. The fourth-order valence-corrected chi connectivity index (χ4v) is 3.40. The SMILES string of the molecule is N#CCOC(=O)c1ccc(N2C(=O)c3cccc4c([N+](=O)[O-])ccc(c34)C2=O)cc1. The summed E-state index contributed by atoms with van der Waals surface area (Å²) in [4.78, 5) is 49.7. The molecule has 0 saturated heterocycles. The van der Waals surface area contributed by atoms with E-state index in [1.54, 1.807) is 6.07 Å². The Hall–Kier alpha value is -4.58. The van der Waals surface area contributed by atoms with E-state index in [9.17, 15) is 24.5 Å². The first-order valence-electron chi connectivity index (χ1n) is 8.67. The van der Waals surface area contributed by atoms with E-state index in [0.29, 0.717) is 0 Å². The first kappa shape index (κ1) is 18.8. The number of benzene rings is 3. The lowest BCUT2D eigenvalue weighted by atomic mass is 9.92. The smallest absolute Gasteiger partial charge is 0.339 e. The number of ether oxygens (including phenoxy) is 1. The molecule has 0 saturated carbocycles. The van der Waals surface area contributed by atoms with Crippen LogP contribution in [0.4, 0.5) is 11.4 Å². The molecule has 0 N–H and O–H groups in total. The summed E-state index contributed by atoms with van der Waals surface area (Å²) < 4.78 is 4.72. The van der Waals surface area contributed by atoms with E-state index < -0.39 is 29.3 Å². The van der Waals surface area contributed by atoms with Gasteiger partial charge in [-0.05, 0) is 42.5 Å². The van der Waals surface area contributed by atoms with Gasteiger partial charge in [0.25, 0.3) is 17.5 Å². The number of esters is 1. The summed E-state index contributed by atoms with van der Waals surface area (Å²) in [6.07, 6.45) is 0. The van der Waals surface area contributed by atoms with Crippen LogP contribution in [0.15, 0.2) is 54.6 Å². The van der Waals surface area contributed by atoms with Crippen LogP contribution in [0, 0.1) is 21.4 Å². The third-order valence-corrected chi connectivity index (χ3v) is 4.71. The monoisotopic (exact) mass is 401 g/mol. The lowest BCUT2D eigenvalue weighted by Crippen LogP contribution is -2.40. The van der Waals surface area contributed by atoms with Crippen molar-refractivity contribution in [3.63, 3.8) is 0 Å². The summed E-state index contributed by atoms with van der Waals surface area (Å²) in [6.45, 7) is -0.392. The summed E-state index contributed by atoms with van der Waals surface area (Å²) in [5, 5.41) is 20.3. The van der Waals surface area contributed by atoms with Gasteiger partial charge >= 0.3 is 5.97 Å². The molecule has 1 heterocycles. The number of nitrogens with zero attached hydrogens (tertiary/aromatic N) is 3. The number of hydrogen-bond donors (Lipinski definition) is 0. The Labute approximate surface area is 168 Å². The number of carbonyl (C=O) groups is 3. The first-order chi connectivity index (χ1) is 14.4. The molecule has 9 nitrogen and oxygen atoms in total. The minimum absolute atomic E-state index is 0.157. The van der Waals surface area contributed by atoms with Gasteiger partial charge in [-0.3, -0.25) is 19.7 Å². The third kappa shape index (κ3) is 2.84. The molecule has 0 bridgehead atoms. The number of carbonyl (C=O) groups excluding carboxylic acids is 3. The second-order valence-corrected chi connectivity index (χ2v) is 6.34. The number of anilines is 1. The molecule has 3 aromatic rings. The van der Waals surface area contributed by atoms with Crippen LogP contribution in [0.2, 0.25) is 0 Å². The van der Waals surface area contributed by atoms with Gasteiger partial charge in [-0.15, -0.1) is 0 Å². The lowest BCUT2D eigenvalue weighted by molar-refractivity contribution is -0.383. The zero-order valence-corrected chi connectivity index (χ0v) is 15.2. The number of nitriles is 1. The van der Waals surface area contributed by atoms with E-state index in [1.807, 2.05) is 0 Å². The van der Waals surface area contributed by atoms with Gasteiger partial charge in [-0.25, -0.2) is 9.69 Å². The molecule has 0 radical (unpaired) electrons. The highest BCUT2D eigenvalue weighted by molar-refractivity contribution is 6.36. The van der Waals surface area contributed by atoms with E-state index >= 15 is 0 Å². The summed E-state index contributed by atoms with van der Waals surface area (Å²) in [5.74, 6) is -1.96. The molecule has 30 heavy (non-hydrogen) atoms. The van der Waals surface area contributed by atoms with Crippen LogP contribution < -0.4 is 4.90 Å². The summed E-state index contributed by atoms with van der Waals surface area (Å²) in [7, 11) is 0. The molecule has 0 fully saturated rings. The van der Waals surface area contributed by atoms with E-state index in [1.165, 1.54) is 54.6 Å². The van der Waals surface area contributed by atoms with Crippen molar-refractivity contribution in [2.24, 2.45) is 0 Å². The van der Waals surface area contributed by atoms with Crippen LogP contribution in [0.5, 0.6) is 0 Å². The van der Waals surface area contributed by atoms with Crippen molar-refractivity contribution in [2.75, 3.05) is 11.5 Å². The quantitative estimate of drug-likeness (QED) is 0.284. The maximum absolute atomic E-state index is 13.1. The van der Waals surface area contributed by atoms with Crippen molar-refractivity contribution in [1.82, 2.24) is 0 Å². The average Bonchev–Trinajstić information content (AvgIpc) is 2.75. The first-order valence-corrected chi connectivity index (χ1v) is 8.67. The van der Waals surface area contributed by atoms with Crippen molar-refractivity contribution in [3.8, 4) is 6.07 Å². The zero-order chi connectivity index (χ0) is 21.4. The van der Waals surface area contributed by atoms with Crippen LogP contribution in [-0.4, -0.2) is 29.3 Å². The number of amides is 2. The second-order valence-electron chi connectivity index (χ2n) is 6.34. The molecular formula is C21H11N3O6. The van der Waals surface area contributed by atoms with Gasteiger partial charge in [0.1, 0.15) is 6.07 Å². The fourth-order valence-electron chi connectivity index (χ4n) is 3.40. The van der Waals surface area contributed by atoms with Crippen molar-refractivity contribution < 1.29 is 24.0 Å². The van der Waals surface area contributed by atoms with Crippen LogP contribution in [0.3, 0.4) is 0 Å². The van der Waals surface area contributed by atoms with Crippen molar-refractivity contribution in [1.29, 1.82) is 5.26 Å². The predicted octanol–water partition coefficient (Wildman–Crippen LogP) is 3.23. The Morgan fingerprint density at radius 1 is 1.03 bits per heavy atom. The summed E-state index contributed by atoms with van der Waals surface area (Å²) in [5.41, 5.74) is 0.531. The van der Waals surface area contributed by atoms with Crippen LogP contribution in [-0.2, 0) is 4.74 Å². The molecule has 3 aromatic carbocycles. The van der Waals surface area contributed by atoms with Gasteiger partial charge in [0, 0.05) is 22.6 Å². The minimum Gasteiger partial charge on any atom is -0.447 e. The topological polar surface area (TPSA) is 131 Å². The number of nitro benzene ring substituents is 1. The van der Waals surface area contributed by atoms with Crippen molar-refractivity contribution in [2.45, 2.75) is 0 Å². The largest absolute Gasteiger partial charge is 0.447 e. The maximum Gasteiger partial charge on any atom is 0.339 e. The van der Waals surface area contributed by atoms with Crippen molar-refractivity contribution >= 4 is 39.9 Å². The van der Waals surface area contributed by atoms with Gasteiger partial charge in [-0.2, -0.15) is 5.26 Å². The van der Waals surface area contributed by atoms with E-state index in [-0.39, 0.29) is 38.8 Å². The number of nitro groups is 1. The number of imide groups is 1. The second kappa shape index (κ2) is 7.10. The van der Waals surface area contributed by atoms with Crippen LogP contribution in [0.25, 0.3) is 10.8 Å². The Morgan fingerprint density at radius 3 is 2.33 bits per heavy atom. The zero-order valence-electron chi connectivity index (χ0n) is 15.2. The Balaban J connectivity index is 1.77. The molecule has 0 aliphatic carbocycles. The minimum atomic E-state index is -0.707. The van der Waals surface area contributed by atoms with Crippen molar-refractivity contribution in [3.05, 3.63) is 81.4 Å². The Kier molecular flexibility index (Phi) is 4.44. The van der Waals surface area contributed by atoms with Gasteiger partial charge in [0.2, 0.25) is 0 Å². The molecule has 0 aromatic heterocycles. The molecular weight excluding hydrogens is 390 g/mol. The molecule has 1 aliphatic heterocycles. The normalized spacial score (nSPS) is 12.6. The summed E-state index contributed by atoms with van der Waals surface area (Å²) in [6, 6.07) is 14.4. The highest BCUT2D eigenvalue weighted by atomic mass is 16.6. The summed E-state index contributed by atoms with van der Waals surface area (Å²) >= 11 is 0. The fraction of sp³-hybridized carbons (Fsp3) is 0.0476. The molecule has 0 unspecified atom stereocenters. The van der Waals surface area contributed by atoms with Gasteiger partial charge < -0.3 is 4.74 Å².